The fraction of sp³-hybridized carbons (Fsp3) is 0.350. The van der Waals surface area contributed by atoms with Gasteiger partial charge in [0.05, 0.1) is 6.10 Å². The Kier molecular flexibility index (Phi) is 6.94. The largest absolute Gasteiger partial charge is 0.484 e. The number of hydrogen-bond donors (Lipinski definition) is 0. The fourth-order valence-electron chi connectivity index (χ4n) is 2.87. The average molecular weight is 439 g/mol. The predicted molar refractivity (Wildman–Crippen MR) is 105 cm³/mol. The van der Waals surface area contributed by atoms with Crippen molar-refractivity contribution in [3.8, 4) is 5.75 Å². The zero-order chi connectivity index (χ0) is 18.4. The first-order valence-electron chi connectivity index (χ1n) is 8.62. The lowest BCUT2D eigenvalue weighted by atomic mass is 10.2. The Bertz CT molecular complexity index is 715. The van der Waals surface area contributed by atoms with Crippen LogP contribution in [0.1, 0.15) is 18.4 Å². The van der Waals surface area contributed by atoms with E-state index < -0.39 is 0 Å². The van der Waals surface area contributed by atoms with Gasteiger partial charge < -0.3 is 14.4 Å². The molecule has 26 heavy (non-hydrogen) atoms. The number of carbonyl (C=O) groups excluding carboxylic acids is 1. The molecule has 138 valence electrons. The molecule has 2 aromatic carbocycles. The van der Waals surface area contributed by atoms with E-state index in [0.717, 1.165) is 29.5 Å². The Morgan fingerprint density at radius 3 is 2.58 bits per heavy atom. The number of hydrogen-bond acceptors (Lipinski definition) is 3. The maximum atomic E-state index is 12.8. The first kappa shape index (κ1) is 19.2. The summed E-state index contributed by atoms with van der Waals surface area (Å²) in [4.78, 5) is 14.6. The maximum Gasteiger partial charge on any atom is 0.260 e. The van der Waals surface area contributed by atoms with Gasteiger partial charge >= 0.3 is 0 Å². The minimum absolute atomic E-state index is 0.00193. The third-order valence-corrected chi connectivity index (χ3v) is 5.04. The van der Waals surface area contributed by atoms with Gasteiger partial charge in [0.2, 0.25) is 0 Å². The monoisotopic (exact) mass is 437 g/mol. The van der Waals surface area contributed by atoms with Crippen LogP contribution < -0.4 is 4.74 Å². The Labute approximate surface area is 167 Å². The summed E-state index contributed by atoms with van der Waals surface area (Å²) in [5.41, 5.74) is 1.03. The quantitative estimate of drug-likeness (QED) is 0.629. The number of nitrogens with zero attached hydrogens (tertiary/aromatic N) is 1. The summed E-state index contributed by atoms with van der Waals surface area (Å²) in [7, 11) is 0. The molecule has 4 nitrogen and oxygen atoms in total. The molecule has 1 aliphatic heterocycles. The molecule has 1 saturated heterocycles. The molecule has 6 heteroatoms. The number of benzene rings is 2. The van der Waals surface area contributed by atoms with E-state index in [1.807, 2.05) is 48.5 Å². The van der Waals surface area contributed by atoms with Crippen LogP contribution in [0.25, 0.3) is 0 Å². The number of rotatable bonds is 7. The van der Waals surface area contributed by atoms with E-state index in [0.29, 0.717) is 23.9 Å². The maximum absolute atomic E-state index is 12.8. The van der Waals surface area contributed by atoms with Gasteiger partial charge in [0, 0.05) is 29.2 Å². The molecular weight excluding hydrogens is 418 g/mol. The highest BCUT2D eigenvalue weighted by molar-refractivity contribution is 9.10. The van der Waals surface area contributed by atoms with E-state index in [2.05, 4.69) is 15.9 Å². The van der Waals surface area contributed by atoms with Crippen molar-refractivity contribution in [2.75, 3.05) is 19.8 Å². The smallest absolute Gasteiger partial charge is 0.260 e. The van der Waals surface area contributed by atoms with Gasteiger partial charge in [-0.2, -0.15) is 0 Å². The number of carbonyl (C=O) groups is 1. The van der Waals surface area contributed by atoms with Gasteiger partial charge in [-0.25, -0.2) is 0 Å². The molecule has 1 amide bonds. The Balaban J connectivity index is 1.63. The molecule has 0 unspecified atom stereocenters. The lowest BCUT2D eigenvalue weighted by Crippen LogP contribution is -2.39. The van der Waals surface area contributed by atoms with E-state index in [-0.39, 0.29) is 18.6 Å². The second-order valence-electron chi connectivity index (χ2n) is 6.28. The predicted octanol–water partition coefficient (Wildman–Crippen LogP) is 4.69. The summed E-state index contributed by atoms with van der Waals surface area (Å²) < 4.78 is 12.3. The first-order chi connectivity index (χ1) is 12.6. The van der Waals surface area contributed by atoms with E-state index in [4.69, 9.17) is 21.1 Å². The highest BCUT2D eigenvalue weighted by Gasteiger charge is 2.23. The van der Waals surface area contributed by atoms with Gasteiger partial charge in [-0.1, -0.05) is 39.7 Å². The molecule has 0 N–H and O–H groups in total. The summed E-state index contributed by atoms with van der Waals surface area (Å²) in [5.74, 6) is 0.614. The summed E-state index contributed by atoms with van der Waals surface area (Å²) in [5, 5.41) is 0.685. The summed E-state index contributed by atoms with van der Waals surface area (Å²) in [6, 6.07) is 15.0. The second kappa shape index (κ2) is 9.40. The zero-order valence-electron chi connectivity index (χ0n) is 14.4. The van der Waals surface area contributed by atoms with Crippen molar-refractivity contribution in [1.82, 2.24) is 4.90 Å². The SMILES string of the molecule is O=C(COc1ccc(Br)cc1)N(Cc1ccc(Cl)cc1)C[C@H]1CCCO1. The van der Waals surface area contributed by atoms with Crippen LogP contribution in [0.4, 0.5) is 0 Å². The summed E-state index contributed by atoms with van der Waals surface area (Å²) in [6.07, 6.45) is 2.13. The molecule has 0 aromatic heterocycles. The van der Waals surface area contributed by atoms with Crippen LogP contribution in [-0.2, 0) is 16.1 Å². The minimum atomic E-state index is -0.0571. The van der Waals surface area contributed by atoms with E-state index in [1.165, 1.54) is 0 Å². The molecule has 1 heterocycles. The molecule has 1 aliphatic rings. The van der Waals surface area contributed by atoms with Crippen LogP contribution in [0.5, 0.6) is 5.75 Å². The number of amides is 1. The van der Waals surface area contributed by atoms with Crippen LogP contribution in [0.2, 0.25) is 5.02 Å². The van der Waals surface area contributed by atoms with Crippen molar-refractivity contribution in [2.24, 2.45) is 0 Å². The lowest BCUT2D eigenvalue weighted by molar-refractivity contribution is -0.135. The molecule has 0 aliphatic carbocycles. The lowest BCUT2D eigenvalue weighted by Gasteiger charge is -2.25. The Morgan fingerprint density at radius 1 is 1.19 bits per heavy atom. The van der Waals surface area contributed by atoms with Crippen molar-refractivity contribution in [3.05, 3.63) is 63.6 Å². The molecule has 2 aromatic rings. The van der Waals surface area contributed by atoms with Crippen molar-refractivity contribution in [1.29, 1.82) is 0 Å². The third kappa shape index (κ3) is 5.73. The second-order valence-corrected chi connectivity index (χ2v) is 7.63. The van der Waals surface area contributed by atoms with E-state index in [9.17, 15) is 4.79 Å². The van der Waals surface area contributed by atoms with Crippen molar-refractivity contribution in [3.63, 3.8) is 0 Å². The number of halogens is 2. The van der Waals surface area contributed by atoms with Gasteiger partial charge in [0.25, 0.3) is 5.91 Å². The van der Waals surface area contributed by atoms with Crippen molar-refractivity contribution >= 4 is 33.4 Å². The van der Waals surface area contributed by atoms with Crippen LogP contribution in [0, 0.1) is 0 Å². The molecule has 1 fully saturated rings. The van der Waals surface area contributed by atoms with E-state index >= 15 is 0 Å². The zero-order valence-corrected chi connectivity index (χ0v) is 16.7. The average Bonchev–Trinajstić information content (AvgIpc) is 3.15. The molecule has 0 saturated carbocycles. The third-order valence-electron chi connectivity index (χ3n) is 4.26. The van der Waals surface area contributed by atoms with E-state index in [1.54, 1.807) is 4.90 Å². The van der Waals surface area contributed by atoms with Crippen LogP contribution >= 0.6 is 27.5 Å². The molecule has 1 atom stereocenters. The normalized spacial score (nSPS) is 16.5. The van der Waals surface area contributed by atoms with Gasteiger partial charge in [-0.15, -0.1) is 0 Å². The number of ether oxygens (including phenoxy) is 2. The topological polar surface area (TPSA) is 38.8 Å². The molecule has 3 rings (SSSR count). The molecule has 0 bridgehead atoms. The highest BCUT2D eigenvalue weighted by atomic mass is 79.9. The van der Waals surface area contributed by atoms with Crippen molar-refractivity contribution < 1.29 is 14.3 Å². The standard InChI is InChI=1S/C20H21BrClNO3/c21-16-5-9-18(10-6-16)26-14-20(24)23(13-19-2-1-11-25-19)12-15-3-7-17(22)8-4-15/h3-10,19H,1-2,11-14H2/t19-/m1/s1. The Morgan fingerprint density at radius 2 is 1.92 bits per heavy atom. The first-order valence-corrected chi connectivity index (χ1v) is 9.79. The van der Waals surface area contributed by atoms with Crippen molar-refractivity contribution in [2.45, 2.75) is 25.5 Å². The van der Waals surface area contributed by atoms with Gasteiger partial charge in [0.1, 0.15) is 5.75 Å². The molecule has 0 radical (unpaired) electrons. The van der Waals surface area contributed by atoms with Gasteiger partial charge in [-0.3, -0.25) is 4.79 Å². The summed E-state index contributed by atoms with van der Waals surface area (Å²) >= 11 is 9.34. The van der Waals surface area contributed by atoms with Gasteiger partial charge in [0.15, 0.2) is 6.61 Å². The molecular formula is C20H21BrClNO3. The fourth-order valence-corrected chi connectivity index (χ4v) is 3.26. The van der Waals surface area contributed by atoms with Crippen LogP contribution in [0.3, 0.4) is 0 Å². The minimum Gasteiger partial charge on any atom is -0.484 e. The van der Waals surface area contributed by atoms with Gasteiger partial charge in [-0.05, 0) is 54.8 Å². The Hall–Kier alpha value is -1.56. The highest BCUT2D eigenvalue weighted by Crippen LogP contribution is 2.18. The summed E-state index contributed by atoms with van der Waals surface area (Å²) in [6.45, 7) is 1.86. The molecule has 0 spiro atoms. The van der Waals surface area contributed by atoms with Crippen LogP contribution in [-0.4, -0.2) is 36.7 Å². The van der Waals surface area contributed by atoms with Crippen LogP contribution in [0.15, 0.2) is 53.0 Å².